The van der Waals surface area contributed by atoms with Crippen molar-refractivity contribution in [3.05, 3.63) is 68.4 Å². The van der Waals surface area contributed by atoms with E-state index >= 15 is 0 Å². The van der Waals surface area contributed by atoms with Gasteiger partial charge in [-0.3, -0.25) is 0 Å². The van der Waals surface area contributed by atoms with Crippen LogP contribution in [0.2, 0.25) is 0 Å². The molecule has 1 aliphatic heterocycles. The van der Waals surface area contributed by atoms with Crippen LogP contribution in [0.5, 0.6) is 0 Å². The Morgan fingerprint density at radius 2 is 1.90 bits per heavy atom. The average Bonchev–Trinajstić information content (AvgIpc) is 2.97. The summed E-state index contributed by atoms with van der Waals surface area (Å²) in [6.07, 6.45) is 3.71. The molecule has 2 aromatic rings. The minimum Gasteiger partial charge on any atom is -0.422 e. The van der Waals surface area contributed by atoms with Gasteiger partial charge in [-0.1, -0.05) is 23.8 Å². The Bertz CT molecular complexity index is 778. The zero-order valence-corrected chi connectivity index (χ0v) is 13.1. The zero-order valence-electron chi connectivity index (χ0n) is 12.3. The topological polar surface area (TPSA) is 26.3 Å². The summed E-state index contributed by atoms with van der Waals surface area (Å²) in [5.74, 6) is 0.355. The smallest absolute Gasteiger partial charge is 0.343 e. The van der Waals surface area contributed by atoms with E-state index in [0.717, 1.165) is 16.0 Å². The van der Waals surface area contributed by atoms with E-state index in [1.807, 2.05) is 43.3 Å². The molecule has 0 spiro atoms. The molecule has 3 rings (SSSR count). The van der Waals surface area contributed by atoms with Crippen molar-refractivity contribution in [2.24, 2.45) is 0 Å². The van der Waals surface area contributed by atoms with Gasteiger partial charge in [0.15, 0.2) is 0 Å². The standard InChI is InChI=1S/C18H16O2S/c1-11-4-7-16(12(2)8-11)17-10-14(18(19)20-17)9-15-6-5-13(3)21-15/h4-10H,1-3H3/b14-9+. The second kappa shape index (κ2) is 5.34. The summed E-state index contributed by atoms with van der Waals surface area (Å²) in [7, 11) is 0. The molecule has 0 aliphatic carbocycles. The van der Waals surface area contributed by atoms with Crippen molar-refractivity contribution in [2.75, 3.05) is 0 Å². The summed E-state index contributed by atoms with van der Waals surface area (Å²) in [6, 6.07) is 10.2. The van der Waals surface area contributed by atoms with Crippen LogP contribution in [0.4, 0.5) is 0 Å². The number of esters is 1. The molecule has 1 aromatic carbocycles. The first-order valence-electron chi connectivity index (χ1n) is 6.82. The Morgan fingerprint density at radius 3 is 2.57 bits per heavy atom. The minimum absolute atomic E-state index is 0.281. The third-order valence-electron chi connectivity index (χ3n) is 3.43. The maximum atomic E-state index is 12.0. The average molecular weight is 296 g/mol. The Kier molecular flexibility index (Phi) is 3.52. The van der Waals surface area contributed by atoms with Crippen molar-refractivity contribution in [3.8, 4) is 0 Å². The van der Waals surface area contributed by atoms with Crippen molar-refractivity contribution >= 4 is 29.1 Å². The maximum Gasteiger partial charge on any atom is 0.343 e. The highest BCUT2D eigenvalue weighted by atomic mass is 32.1. The zero-order chi connectivity index (χ0) is 15.0. The molecule has 3 heteroatoms. The number of thiophene rings is 1. The normalized spacial score (nSPS) is 16.2. The summed E-state index contributed by atoms with van der Waals surface area (Å²) >= 11 is 1.67. The molecule has 0 bridgehead atoms. The molecule has 0 atom stereocenters. The molecule has 1 aliphatic rings. The van der Waals surface area contributed by atoms with Crippen molar-refractivity contribution in [2.45, 2.75) is 20.8 Å². The van der Waals surface area contributed by atoms with Crippen molar-refractivity contribution in [1.82, 2.24) is 0 Å². The molecule has 0 unspecified atom stereocenters. The van der Waals surface area contributed by atoms with Crippen LogP contribution in [-0.2, 0) is 9.53 Å². The van der Waals surface area contributed by atoms with Gasteiger partial charge in [0.2, 0.25) is 0 Å². The van der Waals surface area contributed by atoms with Crippen molar-refractivity contribution < 1.29 is 9.53 Å². The molecule has 0 radical (unpaired) electrons. The Balaban J connectivity index is 1.97. The lowest BCUT2D eigenvalue weighted by Crippen LogP contribution is -1.97. The first kappa shape index (κ1) is 13.8. The fourth-order valence-electron chi connectivity index (χ4n) is 2.40. The highest BCUT2D eigenvalue weighted by Crippen LogP contribution is 2.30. The Morgan fingerprint density at radius 1 is 1.10 bits per heavy atom. The lowest BCUT2D eigenvalue weighted by molar-refractivity contribution is -0.130. The van der Waals surface area contributed by atoms with E-state index in [4.69, 9.17) is 4.74 Å². The third kappa shape index (κ3) is 2.83. The van der Waals surface area contributed by atoms with E-state index < -0.39 is 0 Å². The molecule has 0 amide bonds. The number of carbonyl (C=O) groups excluding carboxylic acids is 1. The van der Waals surface area contributed by atoms with E-state index in [1.165, 1.54) is 10.4 Å². The fourth-order valence-corrected chi connectivity index (χ4v) is 3.23. The molecule has 0 saturated carbocycles. The van der Waals surface area contributed by atoms with Gasteiger partial charge >= 0.3 is 5.97 Å². The highest BCUT2D eigenvalue weighted by molar-refractivity contribution is 7.12. The predicted molar refractivity (Wildman–Crippen MR) is 87.0 cm³/mol. The van der Waals surface area contributed by atoms with Gasteiger partial charge in [0.1, 0.15) is 5.76 Å². The van der Waals surface area contributed by atoms with Crippen LogP contribution in [-0.4, -0.2) is 5.97 Å². The summed E-state index contributed by atoms with van der Waals surface area (Å²) in [6.45, 7) is 6.13. The fraction of sp³-hybridized carbons (Fsp3) is 0.167. The van der Waals surface area contributed by atoms with E-state index in [9.17, 15) is 4.79 Å². The van der Waals surface area contributed by atoms with Gasteiger partial charge in [0.05, 0.1) is 5.57 Å². The second-order valence-corrected chi connectivity index (χ2v) is 6.58. The number of aryl methyl sites for hydroxylation is 3. The molecule has 0 fully saturated rings. The molecular formula is C18H16O2S. The molecule has 2 nitrogen and oxygen atoms in total. The molecule has 0 N–H and O–H groups in total. The summed E-state index contributed by atoms with van der Waals surface area (Å²) in [5.41, 5.74) is 3.89. The third-order valence-corrected chi connectivity index (χ3v) is 4.38. The number of carbonyl (C=O) groups is 1. The van der Waals surface area contributed by atoms with Gasteiger partial charge in [-0.2, -0.15) is 0 Å². The lowest BCUT2D eigenvalue weighted by atomic mass is 10.0. The van der Waals surface area contributed by atoms with Crippen LogP contribution >= 0.6 is 11.3 Å². The lowest BCUT2D eigenvalue weighted by Gasteiger charge is -2.06. The highest BCUT2D eigenvalue weighted by Gasteiger charge is 2.23. The van der Waals surface area contributed by atoms with Gasteiger partial charge in [-0.25, -0.2) is 4.79 Å². The summed E-state index contributed by atoms with van der Waals surface area (Å²) in [4.78, 5) is 14.3. The first-order valence-corrected chi connectivity index (χ1v) is 7.64. The number of hydrogen-bond donors (Lipinski definition) is 0. The summed E-state index contributed by atoms with van der Waals surface area (Å²) < 4.78 is 5.42. The van der Waals surface area contributed by atoms with Crippen LogP contribution in [0.3, 0.4) is 0 Å². The van der Waals surface area contributed by atoms with Crippen molar-refractivity contribution in [1.29, 1.82) is 0 Å². The van der Waals surface area contributed by atoms with Gasteiger partial charge in [0.25, 0.3) is 0 Å². The second-order valence-electron chi connectivity index (χ2n) is 5.26. The number of rotatable bonds is 2. The van der Waals surface area contributed by atoms with E-state index in [1.54, 1.807) is 11.3 Å². The van der Waals surface area contributed by atoms with E-state index in [2.05, 4.69) is 19.9 Å². The molecule has 0 saturated heterocycles. The molecule has 21 heavy (non-hydrogen) atoms. The van der Waals surface area contributed by atoms with E-state index in [-0.39, 0.29) is 5.97 Å². The maximum absolute atomic E-state index is 12.0. The van der Waals surface area contributed by atoms with Crippen LogP contribution in [0.15, 0.2) is 42.0 Å². The molecular weight excluding hydrogens is 280 g/mol. The van der Waals surface area contributed by atoms with Gasteiger partial charge in [-0.05, 0) is 50.6 Å². The van der Waals surface area contributed by atoms with Gasteiger partial charge in [-0.15, -0.1) is 11.3 Å². The van der Waals surface area contributed by atoms with E-state index in [0.29, 0.717) is 11.3 Å². The summed E-state index contributed by atoms with van der Waals surface area (Å²) in [5, 5.41) is 0. The Labute approximate surface area is 128 Å². The number of ether oxygens (including phenoxy) is 1. The largest absolute Gasteiger partial charge is 0.422 e. The number of benzene rings is 1. The van der Waals surface area contributed by atoms with Crippen LogP contribution in [0.1, 0.15) is 26.4 Å². The van der Waals surface area contributed by atoms with Crippen molar-refractivity contribution in [3.63, 3.8) is 0 Å². The monoisotopic (exact) mass is 296 g/mol. The Hall–Kier alpha value is -2.13. The minimum atomic E-state index is -0.281. The number of cyclic esters (lactones) is 1. The SMILES string of the molecule is Cc1ccc(C2=C/C(=C\c3ccc(C)s3)C(=O)O2)c(C)c1. The molecule has 1 aromatic heterocycles. The first-order chi connectivity index (χ1) is 10.0. The van der Waals surface area contributed by atoms with Gasteiger partial charge in [0, 0.05) is 15.3 Å². The quantitative estimate of drug-likeness (QED) is 0.595. The predicted octanol–water partition coefficient (Wildman–Crippen LogP) is 4.65. The van der Waals surface area contributed by atoms with Crippen LogP contribution in [0, 0.1) is 20.8 Å². The van der Waals surface area contributed by atoms with Crippen LogP contribution in [0.25, 0.3) is 11.8 Å². The number of hydrogen-bond acceptors (Lipinski definition) is 3. The molecule has 2 heterocycles. The van der Waals surface area contributed by atoms with Gasteiger partial charge < -0.3 is 4.74 Å². The molecule has 106 valence electrons. The van der Waals surface area contributed by atoms with Crippen LogP contribution < -0.4 is 0 Å².